The lowest BCUT2D eigenvalue weighted by molar-refractivity contribution is -0.102. The van der Waals surface area contributed by atoms with Crippen LogP contribution in [0, 0.1) is 0 Å². The third-order valence-corrected chi connectivity index (χ3v) is 4.36. The number of methoxy groups -OCH3 is 1. The number of amides is 1. The van der Waals surface area contributed by atoms with Crippen molar-refractivity contribution in [3.8, 4) is 16.9 Å². The number of carbonyl (C=O) groups excluding carboxylic acids is 1. The van der Waals surface area contributed by atoms with Gasteiger partial charge in [0.05, 0.1) is 25.0 Å². The number of hydrogen-bond acceptors (Lipinski definition) is 5. The maximum absolute atomic E-state index is 10.7. The lowest BCUT2D eigenvalue weighted by atomic mass is 9.91. The van der Waals surface area contributed by atoms with Crippen LogP contribution in [0.5, 0.6) is 5.75 Å². The van der Waals surface area contributed by atoms with E-state index in [1.807, 2.05) is 49.5 Å². The zero-order valence-corrected chi connectivity index (χ0v) is 14.3. The zero-order chi connectivity index (χ0) is 17.8. The standard InChI is InChI=1S/C19H22N2O4/c1-12(24-16-9-17(10-16)25-19(20)22)18-8-5-14(11-21-18)13-3-6-15(23-2)7-4-13/h3-8,11-12,16-17H,9-10H2,1-2H3,(H2,20,22)/t12?,16-,17+. The summed E-state index contributed by atoms with van der Waals surface area (Å²) in [6.45, 7) is 1.97. The van der Waals surface area contributed by atoms with Gasteiger partial charge in [-0.1, -0.05) is 18.2 Å². The summed E-state index contributed by atoms with van der Waals surface area (Å²) in [5.41, 5.74) is 7.99. The molecule has 132 valence electrons. The van der Waals surface area contributed by atoms with Crippen molar-refractivity contribution < 1.29 is 19.0 Å². The fourth-order valence-corrected chi connectivity index (χ4v) is 2.85. The van der Waals surface area contributed by atoms with Gasteiger partial charge in [0, 0.05) is 24.6 Å². The van der Waals surface area contributed by atoms with E-state index in [4.69, 9.17) is 19.9 Å². The highest BCUT2D eigenvalue weighted by molar-refractivity contribution is 5.65. The molecular weight excluding hydrogens is 320 g/mol. The Morgan fingerprint density at radius 2 is 1.80 bits per heavy atom. The first kappa shape index (κ1) is 17.2. The molecule has 3 rings (SSSR count). The Morgan fingerprint density at radius 1 is 1.12 bits per heavy atom. The van der Waals surface area contributed by atoms with Crippen molar-refractivity contribution in [1.82, 2.24) is 4.98 Å². The van der Waals surface area contributed by atoms with Gasteiger partial charge >= 0.3 is 6.09 Å². The first-order valence-electron chi connectivity index (χ1n) is 8.27. The third-order valence-electron chi connectivity index (χ3n) is 4.36. The predicted octanol–water partition coefficient (Wildman–Crippen LogP) is 3.46. The first-order valence-corrected chi connectivity index (χ1v) is 8.27. The van der Waals surface area contributed by atoms with Gasteiger partial charge in [0.15, 0.2) is 0 Å². The topological polar surface area (TPSA) is 83.7 Å². The smallest absolute Gasteiger partial charge is 0.404 e. The molecular formula is C19H22N2O4. The number of ether oxygens (including phenoxy) is 3. The van der Waals surface area contributed by atoms with E-state index in [0.717, 1.165) is 22.6 Å². The molecule has 1 aliphatic rings. The number of hydrogen-bond donors (Lipinski definition) is 1. The average Bonchev–Trinajstić information content (AvgIpc) is 2.59. The lowest BCUT2D eigenvalue weighted by Gasteiger charge is -2.35. The largest absolute Gasteiger partial charge is 0.497 e. The molecule has 6 heteroatoms. The summed E-state index contributed by atoms with van der Waals surface area (Å²) in [5.74, 6) is 0.828. The maximum atomic E-state index is 10.7. The van der Waals surface area contributed by atoms with Crippen molar-refractivity contribution in [2.75, 3.05) is 7.11 Å². The molecule has 0 spiro atoms. The molecule has 0 radical (unpaired) electrons. The number of aromatic nitrogens is 1. The molecule has 1 unspecified atom stereocenters. The fraction of sp³-hybridized carbons (Fsp3) is 0.368. The molecule has 1 aromatic heterocycles. The van der Waals surface area contributed by atoms with Crippen LogP contribution < -0.4 is 10.5 Å². The van der Waals surface area contributed by atoms with Crippen molar-refractivity contribution in [2.24, 2.45) is 5.73 Å². The molecule has 2 N–H and O–H groups in total. The van der Waals surface area contributed by atoms with E-state index in [2.05, 4.69) is 4.98 Å². The molecule has 6 nitrogen and oxygen atoms in total. The second kappa shape index (κ2) is 7.53. The second-order valence-corrected chi connectivity index (χ2v) is 6.13. The Morgan fingerprint density at radius 3 is 2.36 bits per heavy atom. The summed E-state index contributed by atoms with van der Waals surface area (Å²) in [7, 11) is 1.65. The van der Waals surface area contributed by atoms with Gasteiger partial charge in [0.1, 0.15) is 11.9 Å². The van der Waals surface area contributed by atoms with E-state index in [1.165, 1.54) is 0 Å². The van der Waals surface area contributed by atoms with Crippen LogP contribution in [0.25, 0.3) is 11.1 Å². The quantitative estimate of drug-likeness (QED) is 0.869. The predicted molar refractivity (Wildman–Crippen MR) is 93.2 cm³/mol. The van der Waals surface area contributed by atoms with Gasteiger partial charge in [0.25, 0.3) is 0 Å². The number of carbonyl (C=O) groups is 1. The second-order valence-electron chi connectivity index (χ2n) is 6.13. The van der Waals surface area contributed by atoms with E-state index < -0.39 is 6.09 Å². The Hall–Kier alpha value is -2.60. The molecule has 1 fully saturated rings. The van der Waals surface area contributed by atoms with Gasteiger partial charge in [-0.05, 0) is 30.7 Å². The molecule has 1 saturated carbocycles. The highest BCUT2D eigenvalue weighted by Gasteiger charge is 2.34. The molecule has 0 bridgehead atoms. The Balaban J connectivity index is 1.55. The van der Waals surface area contributed by atoms with Crippen molar-refractivity contribution >= 4 is 6.09 Å². The molecule has 0 aliphatic heterocycles. The summed E-state index contributed by atoms with van der Waals surface area (Å²) in [5, 5.41) is 0. The third kappa shape index (κ3) is 4.28. The van der Waals surface area contributed by atoms with Crippen LogP contribution in [0.3, 0.4) is 0 Å². The van der Waals surface area contributed by atoms with Crippen molar-refractivity contribution in [1.29, 1.82) is 0 Å². The van der Waals surface area contributed by atoms with Gasteiger partial charge < -0.3 is 19.9 Å². The average molecular weight is 342 g/mol. The van der Waals surface area contributed by atoms with Gasteiger partial charge in [-0.2, -0.15) is 0 Å². The summed E-state index contributed by atoms with van der Waals surface area (Å²) in [6.07, 6.45) is 2.30. The molecule has 25 heavy (non-hydrogen) atoms. The Labute approximate surface area is 146 Å². The van der Waals surface area contributed by atoms with Crippen LogP contribution in [0.1, 0.15) is 31.6 Å². The van der Waals surface area contributed by atoms with E-state index in [9.17, 15) is 4.79 Å². The van der Waals surface area contributed by atoms with E-state index in [1.54, 1.807) is 7.11 Å². The lowest BCUT2D eigenvalue weighted by Crippen LogP contribution is -2.40. The minimum atomic E-state index is -0.729. The van der Waals surface area contributed by atoms with Gasteiger partial charge in [-0.15, -0.1) is 0 Å². The highest BCUT2D eigenvalue weighted by atomic mass is 16.6. The van der Waals surface area contributed by atoms with E-state index in [-0.39, 0.29) is 18.3 Å². The van der Waals surface area contributed by atoms with Crippen molar-refractivity contribution in [3.05, 3.63) is 48.3 Å². The monoisotopic (exact) mass is 342 g/mol. The summed E-state index contributed by atoms with van der Waals surface area (Å²) >= 11 is 0. The van der Waals surface area contributed by atoms with Crippen LogP contribution in [-0.4, -0.2) is 30.4 Å². The van der Waals surface area contributed by atoms with Crippen molar-refractivity contribution in [2.45, 2.75) is 38.1 Å². The van der Waals surface area contributed by atoms with Crippen LogP contribution in [0.15, 0.2) is 42.6 Å². The minimum Gasteiger partial charge on any atom is -0.497 e. The van der Waals surface area contributed by atoms with E-state index >= 15 is 0 Å². The molecule has 1 atom stereocenters. The van der Waals surface area contributed by atoms with Crippen LogP contribution >= 0.6 is 0 Å². The van der Waals surface area contributed by atoms with E-state index in [0.29, 0.717) is 12.8 Å². The fourth-order valence-electron chi connectivity index (χ4n) is 2.85. The number of nitrogens with two attached hydrogens (primary N) is 1. The zero-order valence-electron chi connectivity index (χ0n) is 14.3. The molecule has 1 heterocycles. The van der Waals surface area contributed by atoms with Crippen molar-refractivity contribution in [3.63, 3.8) is 0 Å². The number of rotatable bonds is 6. The van der Waals surface area contributed by atoms with Gasteiger partial charge in [-0.3, -0.25) is 4.98 Å². The number of pyridine rings is 1. The molecule has 1 aliphatic carbocycles. The minimum absolute atomic E-state index is 0.0717. The summed E-state index contributed by atoms with van der Waals surface area (Å²) < 4.78 is 16.0. The first-order chi connectivity index (χ1) is 12.0. The normalized spacial score (nSPS) is 20.4. The van der Waals surface area contributed by atoms with Gasteiger partial charge in [0.2, 0.25) is 0 Å². The highest BCUT2D eigenvalue weighted by Crippen LogP contribution is 2.31. The number of benzene rings is 1. The molecule has 1 amide bonds. The van der Waals surface area contributed by atoms with Gasteiger partial charge in [-0.25, -0.2) is 4.79 Å². The Kier molecular flexibility index (Phi) is 5.19. The number of nitrogens with zero attached hydrogens (tertiary/aromatic N) is 1. The maximum Gasteiger partial charge on any atom is 0.404 e. The Bertz CT molecular complexity index is 709. The molecule has 2 aromatic rings. The molecule has 0 saturated heterocycles. The van der Waals surface area contributed by atoms with Crippen LogP contribution in [0.2, 0.25) is 0 Å². The van der Waals surface area contributed by atoms with Crippen LogP contribution in [0.4, 0.5) is 4.79 Å². The SMILES string of the molecule is COc1ccc(-c2ccc(C(C)O[C@H]3C[C@@H](OC(N)=O)C3)nc2)cc1. The summed E-state index contributed by atoms with van der Waals surface area (Å²) in [4.78, 5) is 15.2. The summed E-state index contributed by atoms with van der Waals surface area (Å²) in [6, 6.07) is 11.9. The molecule has 1 aromatic carbocycles. The number of primary amides is 1. The van der Waals surface area contributed by atoms with Crippen LogP contribution in [-0.2, 0) is 9.47 Å².